The zero-order valence-corrected chi connectivity index (χ0v) is 11.7. The summed E-state index contributed by atoms with van der Waals surface area (Å²) in [6.07, 6.45) is 5.46. The number of rotatable bonds is 3. The van der Waals surface area contributed by atoms with Crippen LogP contribution in [0.3, 0.4) is 0 Å². The van der Waals surface area contributed by atoms with Crippen molar-refractivity contribution in [2.45, 2.75) is 6.42 Å². The Bertz CT molecular complexity index is 749. The Hall–Kier alpha value is -1.94. The zero-order valence-electron chi connectivity index (χ0n) is 10.1. The molecule has 4 heteroatoms. The van der Waals surface area contributed by atoms with Gasteiger partial charge in [0.1, 0.15) is 11.9 Å². The highest BCUT2D eigenvalue weighted by atomic mass is 79.9. The van der Waals surface area contributed by atoms with Crippen LogP contribution in [0.5, 0.6) is 0 Å². The number of halogens is 1. The number of hydrogen-bond acceptors (Lipinski definition) is 2. The van der Waals surface area contributed by atoms with Crippen LogP contribution in [0.4, 0.5) is 0 Å². The van der Waals surface area contributed by atoms with Crippen LogP contribution in [-0.2, 0) is 6.42 Å². The van der Waals surface area contributed by atoms with E-state index in [1.54, 1.807) is 12.1 Å². The van der Waals surface area contributed by atoms with Crippen LogP contribution >= 0.6 is 15.9 Å². The number of aldehydes is 1. The largest absolute Gasteiger partial charge is 0.307 e. The van der Waals surface area contributed by atoms with E-state index in [1.165, 1.54) is 5.56 Å². The summed E-state index contributed by atoms with van der Waals surface area (Å²) in [7, 11) is 0. The lowest BCUT2D eigenvalue weighted by Gasteiger charge is -1.98. The molecule has 0 atom stereocenters. The van der Waals surface area contributed by atoms with E-state index in [9.17, 15) is 4.79 Å². The molecule has 1 aromatic carbocycles. The number of carbonyl (C=O) groups excluding carboxylic acids is 1. The number of fused-ring (bicyclic) bond motifs is 1. The Kier molecular flexibility index (Phi) is 3.17. The number of hydrogen-bond donors (Lipinski definition) is 0. The first-order chi connectivity index (χ1) is 9.24. The van der Waals surface area contributed by atoms with Gasteiger partial charge in [-0.05, 0) is 29.8 Å². The van der Waals surface area contributed by atoms with Crippen molar-refractivity contribution >= 4 is 27.9 Å². The number of pyridine rings is 1. The summed E-state index contributed by atoms with van der Waals surface area (Å²) in [5, 5.41) is 0. The van der Waals surface area contributed by atoms with E-state index >= 15 is 0 Å². The van der Waals surface area contributed by atoms with Crippen molar-refractivity contribution in [3.63, 3.8) is 0 Å². The molecule has 0 aliphatic rings. The molecule has 0 N–H and O–H groups in total. The van der Waals surface area contributed by atoms with Gasteiger partial charge in [-0.2, -0.15) is 0 Å². The fourth-order valence-electron chi connectivity index (χ4n) is 2.06. The van der Waals surface area contributed by atoms with E-state index in [2.05, 4.69) is 33.0 Å². The standard InChI is InChI=1S/C15H11BrN2O/c16-13-3-1-2-11(6-13)7-14-9-18-5-4-12(10-19)8-15(18)17-14/h1-6,8-10H,7H2. The Balaban J connectivity index is 1.95. The third-order valence-electron chi connectivity index (χ3n) is 2.94. The SMILES string of the molecule is O=Cc1ccn2cc(Cc3cccc(Br)c3)nc2c1. The van der Waals surface area contributed by atoms with Crippen LogP contribution in [0.1, 0.15) is 21.6 Å². The first kappa shape index (κ1) is 12.1. The molecule has 0 saturated heterocycles. The summed E-state index contributed by atoms with van der Waals surface area (Å²) in [5.41, 5.74) is 3.64. The molecule has 0 spiro atoms. The summed E-state index contributed by atoms with van der Waals surface area (Å²) in [5.74, 6) is 0. The molecule has 3 rings (SSSR count). The van der Waals surface area contributed by atoms with E-state index in [1.807, 2.05) is 28.9 Å². The highest BCUT2D eigenvalue weighted by Crippen LogP contribution is 2.16. The third kappa shape index (κ3) is 2.58. The second-order valence-corrected chi connectivity index (χ2v) is 5.30. The normalized spacial score (nSPS) is 10.8. The number of imidazole rings is 1. The minimum absolute atomic E-state index is 0.645. The van der Waals surface area contributed by atoms with Crippen LogP contribution < -0.4 is 0 Å². The Morgan fingerprint density at radius 2 is 2.16 bits per heavy atom. The average molecular weight is 315 g/mol. The van der Waals surface area contributed by atoms with Crippen LogP contribution in [0.25, 0.3) is 5.65 Å². The van der Waals surface area contributed by atoms with Crippen molar-refractivity contribution in [3.8, 4) is 0 Å². The fourth-order valence-corrected chi connectivity index (χ4v) is 2.51. The Morgan fingerprint density at radius 1 is 1.26 bits per heavy atom. The van der Waals surface area contributed by atoms with Crippen molar-refractivity contribution in [2.24, 2.45) is 0 Å². The predicted molar refractivity (Wildman–Crippen MR) is 77.5 cm³/mol. The van der Waals surface area contributed by atoms with Gasteiger partial charge in [0.2, 0.25) is 0 Å². The molecule has 0 aliphatic heterocycles. The van der Waals surface area contributed by atoms with Gasteiger partial charge in [0, 0.05) is 28.9 Å². The third-order valence-corrected chi connectivity index (χ3v) is 3.44. The lowest BCUT2D eigenvalue weighted by atomic mass is 10.1. The molecule has 0 radical (unpaired) electrons. The minimum atomic E-state index is 0.645. The number of carbonyl (C=O) groups is 1. The predicted octanol–water partition coefficient (Wildman–Crippen LogP) is 3.50. The maximum absolute atomic E-state index is 10.7. The van der Waals surface area contributed by atoms with Gasteiger partial charge in [-0.1, -0.05) is 28.1 Å². The Labute approximate surface area is 119 Å². The molecular formula is C15H11BrN2O. The van der Waals surface area contributed by atoms with E-state index < -0.39 is 0 Å². The van der Waals surface area contributed by atoms with E-state index in [0.717, 1.165) is 28.5 Å². The molecule has 2 aromatic heterocycles. The topological polar surface area (TPSA) is 34.4 Å². The summed E-state index contributed by atoms with van der Waals surface area (Å²) in [4.78, 5) is 15.3. The van der Waals surface area contributed by atoms with Crippen LogP contribution in [0.15, 0.2) is 53.3 Å². The molecule has 0 aliphatic carbocycles. The smallest absolute Gasteiger partial charge is 0.150 e. The lowest BCUT2D eigenvalue weighted by molar-refractivity contribution is 0.112. The van der Waals surface area contributed by atoms with Crippen LogP contribution in [0, 0.1) is 0 Å². The fraction of sp³-hybridized carbons (Fsp3) is 0.0667. The summed E-state index contributed by atoms with van der Waals surface area (Å²) in [6, 6.07) is 11.7. The second kappa shape index (κ2) is 4.97. The molecule has 0 unspecified atom stereocenters. The molecular weight excluding hydrogens is 304 g/mol. The molecule has 19 heavy (non-hydrogen) atoms. The van der Waals surface area contributed by atoms with Crippen molar-refractivity contribution in [1.82, 2.24) is 9.38 Å². The number of aromatic nitrogens is 2. The average Bonchev–Trinajstić information content (AvgIpc) is 2.79. The van der Waals surface area contributed by atoms with Crippen molar-refractivity contribution in [2.75, 3.05) is 0 Å². The van der Waals surface area contributed by atoms with Crippen molar-refractivity contribution < 1.29 is 4.79 Å². The first-order valence-corrected chi connectivity index (χ1v) is 6.71. The van der Waals surface area contributed by atoms with Gasteiger partial charge >= 0.3 is 0 Å². The minimum Gasteiger partial charge on any atom is -0.307 e. The molecule has 94 valence electrons. The number of nitrogens with zero attached hydrogens (tertiary/aromatic N) is 2. The van der Waals surface area contributed by atoms with Gasteiger partial charge in [-0.3, -0.25) is 4.79 Å². The quantitative estimate of drug-likeness (QED) is 0.693. The highest BCUT2D eigenvalue weighted by Gasteiger charge is 2.04. The van der Waals surface area contributed by atoms with E-state index in [-0.39, 0.29) is 0 Å². The summed E-state index contributed by atoms with van der Waals surface area (Å²) >= 11 is 3.46. The van der Waals surface area contributed by atoms with Gasteiger partial charge < -0.3 is 4.40 Å². The molecule has 3 nitrogen and oxygen atoms in total. The number of benzene rings is 1. The van der Waals surface area contributed by atoms with Gasteiger partial charge in [0.25, 0.3) is 0 Å². The van der Waals surface area contributed by atoms with Crippen LogP contribution in [-0.4, -0.2) is 15.7 Å². The molecule has 0 amide bonds. The maximum atomic E-state index is 10.7. The second-order valence-electron chi connectivity index (χ2n) is 4.38. The molecule has 0 fully saturated rings. The highest BCUT2D eigenvalue weighted by molar-refractivity contribution is 9.10. The van der Waals surface area contributed by atoms with E-state index in [0.29, 0.717) is 5.56 Å². The molecule has 2 heterocycles. The summed E-state index contributed by atoms with van der Waals surface area (Å²) < 4.78 is 3.00. The molecule has 0 bridgehead atoms. The first-order valence-electron chi connectivity index (χ1n) is 5.92. The van der Waals surface area contributed by atoms with Gasteiger partial charge in [-0.15, -0.1) is 0 Å². The molecule has 3 aromatic rings. The van der Waals surface area contributed by atoms with Crippen molar-refractivity contribution in [3.05, 3.63) is 70.1 Å². The monoisotopic (exact) mass is 314 g/mol. The molecule has 0 saturated carbocycles. The Morgan fingerprint density at radius 3 is 2.95 bits per heavy atom. The van der Waals surface area contributed by atoms with Crippen molar-refractivity contribution in [1.29, 1.82) is 0 Å². The zero-order chi connectivity index (χ0) is 13.2. The summed E-state index contributed by atoms with van der Waals surface area (Å²) in [6.45, 7) is 0. The van der Waals surface area contributed by atoms with Crippen LogP contribution in [0.2, 0.25) is 0 Å². The lowest BCUT2D eigenvalue weighted by Crippen LogP contribution is -1.87. The van der Waals surface area contributed by atoms with Gasteiger partial charge in [-0.25, -0.2) is 4.98 Å². The van der Waals surface area contributed by atoms with Gasteiger partial charge in [0.15, 0.2) is 0 Å². The van der Waals surface area contributed by atoms with E-state index in [4.69, 9.17) is 0 Å². The maximum Gasteiger partial charge on any atom is 0.150 e. The van der Waals surface area contributed by atoms with Gasteiger partial charge in [0.05, 0.1) is 5.69 Å².